The molecule has 0 aliphatic carbocycles. The molecule has 0 aliphatic heterocycles. The van der Waals surface area contributed by atoms with Gasteiger partial charge in [-0.3, -0.25) is 0 Å². The van der Waals surface area contributed by atoms with E-state index in [1.54, 1.807) is 21.3 Å². The van der Waals surface area contributed by atoms with Gasteiger partial charge in [-0.15, -0.1) is 0 Å². The average molecular weight is 308 g/mol. The van der Waals surface area contributed by atoms with Crippen molar-refractivity contribution in [2.45, 2.75) is 6.92 Å². The molecule has 118 valence electrons. The summed E-state index contributed by atoms with van der Waals surface area (Å²) in [6.45, 7) is 2.07. The molecule has 0 bridgehead atoms. The summed E-state index contributed by atoms with van der Waals surface area (Å²) in [5, 5.41) is 2.05. The Bertz CT molecular complexity index is 853. The van der Waals surface area contributed by atoms with Crippen LogP contribution in [0.25, 0.3) is 21.9 Å². The molecule has 0 aliphatic rings. The van der Waals surface area contributed by atoms with Gasteiger partial charge in [-0.1, -0.05) is 36.4 Å². The van der Waals surface area contributed by atoms with Crippen LogP contribution < -0.4 is 14.2 Å². The lowest BCUT2D eigenvalue weighted by molar-refractivity contribution is 0.408. The predicted octanol–water partition coefficient (Wildman–Crippen LogP) is 4.84. The molecule has 0 unspecified atom stereocenters. The minimum absolute atomic E-state index is 0.820. The fraction of sp³-hybridized carbons (Fsp3) is 0.200. The number of fused-ring (bicyclic) bond motifs is 1. The van der Waals surface area contributed by atoms with Crippen molar-refractivity contribution in [2.24, 2.45) is 0 Å². The van der Waals surface area contributed by atoms with Gasteiger partial charge in [0.25, 0.3) is 0 Å². The summed E-state index contributed by atoms with van der Waals surface area (Å²) in [5.41, 5.74) is 3.12. The lowest BCUT2D eigenvalue weighted by Gasteiger charge is -2.18. The number of methoxy groups -OCH3 is 3. The summed E-state index contributed by atoms with van der Waals surface area (Å²) >= 11 is 0. The van der Waals surface area contributed by atoms with Crippen molar-refractivity contribution in [3.63, 3.8) is 0 Å². The monoisotopic (exact) mass is 308 g/mol. The molecule has 3 rings (SSSR count). The van der Waals surface area contributed by atoms with E-state index in [1.165, 1.54) is 0 Å². The third-order valence-corrected chi connectivity index (χ3v) is 4.11. The zero-order chi connectivity index (χ0) is 16.4. The molecule has 0 heterocycles. The molecule has 0 amide bonds. The molecule has 0 saturated heterocycles. The SMILES string of the molecule is COc1cccc(C)c1-c1cc(OC)c2ccccc2c1OC. The molecule has 0 N–H and O–H groups in total. The summed E-state index contributed by atoms with van der Waals surface area (Å²) in [6, 6.07) is 16.1. The molecular formula is C20H20O3. The fourth-order valence-corrected chi connectivity index (χ4v) is 3.05. The van der Waals surface area contributed by atoms with Crippen molar-refractivity contribution in [3.8, 4) is 28.4 Å². The molecule has 0 saturated carbocycles. The van der Waals surface area contributed by atoms with Gasteiger partial charge in [0, 0.05) is 21.9 Å². The van der Waals surface area contributed by atoms with Crippen LogP contribution in [0, 0.1) is 6.92 Å². The highest BCUT2D eigenvalue weighted by atomic mass is 16.5. The number of rotatable bonds is 4. The summed E-state index contributed by atoms with van der Waals surface area (Å²) in [5.74, 6) is 2.47. The van der Waals surface area contributed by atoms with Crippen molar-refractivity contribution in [2.75, 3.05) is 21.3 Å². The maximum Gasteiger partial charge on any atom is 0.134 e. The highest BCUT2D eigenvalue weighted by Gasteiger charge is 2.18. The second-order valence-electron chi connectivity index (χ2n) is 5.36. The fourth-order valence-electron chi connectivity index (χ4n) is 3.05. The van der Waals surface area contributed by atoms with Crippen LogP contribution in [-0.2, 0) is 0 Å². The van der Waals surface area contributed by atoms with Crippen LogP contribution in [0.2, 0.25) is 0 Å². The Balaban J connectivity index is 2.43. The van der Waals surface area contributed by atoms with Gasteiger partial charge in [0.2, 0.25) is 0 Å². The van der Waals surface area contributed by atoms with E-state index in [1.807, 2.05) is 42.5 Å². The van der Waals surface area contributed by atoms with Crippen molar-refractivity contribution in [1.29, 1.82) is 0 Å². The van der Waals surface area contributed by atoms with Crippen molar-refractivity contribution >= 4 is 10.8 Å². The Hall–Kier alpha value is -2.68. The topological polar surface area (TPSA) is 27.7 Å². The quantitative estimate of drug-likeness (QED) is 0.690. The number of benzene rings is 3. The van der Waals surface area contributed by atoms with Gasteiger partial charge in [0.05, 0.1) is 21.3 Å². The molecule has 3 nitrogen and oxygen atoms in total. The van der Waals surface area contributed by atoms with Crippen LogP contribution in [0.3, 0.4) is 0 Å². The van der Waals surface area contributed by atoms with E-state index in [9.17, 15) is 0 Å². The van der Waals surface area contributed by atoms with E-state index in [2.05, 4.69) is 13.0 Å². The lowest BCUT2D eigenvalue weighted by atomic mass is 9.95. The zero-order valence-corrected chi connectivity index (χ0v) is 13.8. The van der Waals surface area contributed by atoms with Crippen molar-refractivity contribution < 1.29 is 14.2 Å². The minimum atomic E-state index is 0.820. The average Bonchev–Trinajstić information content (AvgIpc) is 2.60. The molecule has 3 aromatic carbocycles. The lowest BCUT2D eigenvalue weighted by Crippen LogP contribution is -1.97. The molecule has 0 fully saturated rings. The maximum absolute atomic E-state index is 5.76. The van der Waals surface area contributed by atoms with E-state index in [4.69, 9.17) is 14.2 Å². The summed E-state index contributed by atoms with van der Waals surface area (Å²) < 4.78 is 16.9. The van der Waals surface area contributed by atoms with Crippen molar-refractivity contribution in [3.05, 3.63) is 54.1 Å². The Morgan fingerprint density at radius 3 is 2.04 bits per heavy atom. The largest absolute Gasteiger partial charge is 0.496 e. The molecular weight excluding hydrogens is 288 g/mol. The van der Waals surface area contributed by atoms with Crippen LogP contribution in [0.15, 0.2) is 48.5 Å². The maximum atomic E-state index is 5.76. The van der Waals surface area contributed by atoms with E-state index >= 15 is 0 Å². The first-order valence-corrected chi connectivity index (χ1v) is 7.49. The van der Waals surface area contributed by atoms with Crippen LogP contribution in [0.1, 0.15) is 5.56 Å². The highest BCUT2D eigenvalue weighted by molar-refractivity contribution is 6.00. The predicted molar refractivity (Wildman–Crippen MR) is 93.8 cm³/mol. The molecule has 0 spiro atoms. The van der Waals surface area contributed by atoms with Crippen molar-refractivity contribution in [1.82, 2.24) is 0 Å². The third kappa shape index (κ3) is 2.48. The van der Waals surface area contributed by atoms with E-state index < -0.39 is 0 Å². The second-order valence-corrected chi connectivity index (χ2v) is 5.36. The second kappa shape index (κ2) is 6.21. The highest BCUT2D eigenvalue weighted by Crippen LogP contribution is 2.45. The number of ether oxygens (including phenoxy) is 3. The minimum Gasteiger partial charge on any atom is -0.496 e. The number of hydrogen-bond donors (Lipinski definition) is 0. The van der Waals surface area contributed by atoms with Gasteiger partial charge < -0.3 is 14.2 Å². The molecule has 0 aromatic heterocycles. The standard InChI is InChI=1S/C20H20O3/c1-13-8-7-11-17(21-2)19(13)16-12-18(22-3)14-9-5-6-10-15(14)20(16)23-4/h5-12H,1-4H3. The summed E-state index contributed by atoms with van der Waals surface area (Å²) in [7, 11) is 5.07. The third-order valence-electron chi connectivity index (χ3n) is 4.11. The molecule has 3 aromatic rings. The van der Waals surface area contributed by atoms with Crippen LogP contribution in [0.5, 0.6) is 17.2 Å². The van der Waals surface area contributed by atoms with E-state index in [0.29, 0.717) is 0 Å². The van der Waals surface area contributed by atoms with E-state index in [0.717, 1.165) is 44.7 Å². The van der Waals surface area contributed by atoms with E-state index in [-0.39, 0.29) is 0 Å². The van der Waals surface area contributed by atoms with Crippen LogP contribution in [-0.4, -0.2) is 21.3 Å². The van der Waals surface area contributed by atoms with Crippen LogP contribution in [0.4, 0.5) is 0 Å². The summed E-state index contributed by atoms with van der Waals surface area (Å²) in [4.78, 5) is 0. The van der Waals surface area contributed by atoms with Gasteiger partial charge in [-0.2, -0.15) is 0 Å². The zero-order valence-electron chi connectivity index (χ0n) is 13.8. The van der Waals surface area contributed by atoms with Gasteiger partial charge in [-0.05, 0) is 24.6 Å². The first-order chi connectivity index (χ1) is 11.2. The Labute approximate surface area is 136 Å². The Kier molecular flexibility index (Phi) is 4.11. The van der Waals surface area contributed by atoms with Gasteiger partial charge >= 0.3 is 0 Å². The van der Waals surface area contributed by atoms with Gasteiger partial charge in [0.1, 0.15) is 17.2 Å². The first-order valence-electron chi connectivity index (χ1n) is 7.49. The molecule has 0 radical (unpaired) electrons. The molecule has 0 atom stereocenters. The number of hydrogen-bond acceptors (Lipinski definition) is 3. The Morgan fingerprint density at radius 2 is 1.39 bits per heavy atom. The van der Waals surface area contributed by atoms with Crippen LogP contribution >= 0.6 is 0 Å². The van der Waals surface area contributed by atoms with Gasteiger partial charge in [-0.25, -0.2) is 0 Å². The normalized spacial score (nSPS) is 10.6. The Morgan fingerprint density at radius 1 is 0.696 bits per heavy atom. The molecule has 23 heavy (non-hydrogen) atoms. The molecule has 3 heteroatoms. The van der Waals surface area contributed by atoms with Gasteiger partial charge in [0.15, 0.2) is 0 Å². The summed E-state index contributed by atoms with van der Waals surface area (Å²) in [6.07, 6.45) is 0. The first kappa shape index (κ1) is 15.2. The number of aryl methyl sites for hydroxylation is 1. The smallest absolute Gasteiger partial charge is 0.134 e.